The number of hydrogen-bond donors (Lipinski definition) is 2. The fourth-order valence-corrected chi connectivity index (χ4v) is 2.61. The Morgan fingerprint density at radius 3 is 3.00 bits per heavy atom. The molecule has 3 N–H and O–H groups in total. The zero-order valence-electron chi connectivity index (χ0n) is 10.7. The molecule has 0 aliphatic carbocycles. The molecule has 94 valence electrons. The predicted molar refractivity (Wildman–Crippen MR) is 72.8 cm³/mol. The van der Waals surface area contributed by atoms with Gasteiger partial charge in [0.15, 0.2) is 0 Å². The van der Waals surface area contributed by atoms with Crippen molar-refractivity contribution in [3.8, 4) is 0 Å². The molecule has 1 unspecified atom stereocenters. The van der Waals surface area contributed by atoms with E-state index in [9.17, 15) is 0 Å². The Morgan fingerprint density at radius 1 is 1.41 bits per heavy atom. The van der Waals surface area contributed by atoms with E-state index in [1.807, 2.05) is 18.2 Å². The third-order valence-corrected chi connectivity index (χ3v) is 3.66. The van der Waals surface area contributed by atoms with Gasteiger partial charge in [-0.05, 0) is 37.6 Å². The SMILES string of the molecule is CCN1CCCC1CNCc1ccccc1N. The lowest BCUT2D eigenvalue weighted by Crippen LogP contribution is -2.37. The summed E-state index contributed by atoms with van der Waals surface area (Å²) in [5.41, 5.74) is 8.01. The molecule has 0 amide bonds. The topological polar surface area (TPSA) is 41.3 Å². The zero-order valence-corrected chi connectivity index (χ0v) is 10.7. The monoisotopic (exact) mass is 233 g/mol. The van der Waals surface area contributed by atoms with Gasteiger partial charge in [-0.3, -0.25) is 4.90 Å². The summed E-state index contributed by atoms with van der Waals surface area (Å²) < 4.78 is 0. The van der Waals surface area contributed by atoms with Gasteiger partial charge in [-0.1, -0.05) is 25.1 Å². The maximum atomic E-state index is 5.92. The molecule has 0 spiro atoms. The van der Waals surface area contributed by atoms with Crippen LogP contribution in [0.4, 0.5) is 5.69 Å². The summed E-state index contributed by atoms with van der Waals surface area (Å²) in [5, 5.41) is 3.53. The van der Waals surface area contributed by atoms with Crippen molar-refractivity contribution in [1.82, 2.24) is 10.2 Å². The molecular weight excluding hydrogens is 210 g/mol. The fraction of sp³-hybridized carbons (Fsp3) is 0.571. The van der Waals surface area contributed by atoms with Gasteiger partial charge in [0.25, 0.3) is 0 Å². The summed E-state index contributed by atoms with van der Waals surface area (Å²) in [4.78, 5) is 2.56. The molecule has 1 fully saturated rings. The highest BCUT2D eigenvalue weighted by Gasteiger charge is 2.21. The normalized spacial score (nSPS) is 20.9. The minimum absolute atomic E-state index is 0.713. The van der Waals surface area contributed by atoms with Gasteiger partial charge in [-0.15, -0.1) is 0 Å². The molecule has 0 saturated carbocycles. The van der Waals surface area contributed by atoms with E-state index in [0.29, 0.717) is 6.04 Å². The Morgan fingerprint density at radius 2 is 2.24 bits per heavy atom. The largest absolute Gasteiger partial charge is 0.398 e. The van der Waals surface area contributed by atoms with Gasteiger partial charge in [0.1, 0.15) is 0 Å². The summed E-state index contributed by atoms with van der Waals surface area (Å²) in [7, 11) is 0. The van der Waals surface area contributed by atoms with E-state index in [1.54, 1.807) is 0 Å². The van der Waals surface area contributed by atoms with Crippen LogP contribution in [-0.2, 0) is 6.54 Å². The van der Waals surface area contributed by atoms with Gasteiger partial charge in [0.2, 0.25) is 0 Å². The highest BCUT2D eigenvalue weighted by atomic mass is 15.2. The minimum atomic E-state index is 0.713. The van der Waals surface area contributed by atoms with Crippen LogP contribution in [0.25, 0.3) is 0 Å². The maximum Gasteiger partial charge on any atom is 0.0359 e. The molecule has 1 aliphatic rings. The van der Waals surface area contributed by atoms with Gasteiger partial charge < -0.3 is 11.1 Å². The maximum absolute atomic E-state index is 5.92. The Hall–Kier alpha value is -1.06. The number of para-hydroxylation sites is 1. The lowest BCUT2D eigenvalue weighted by Gasteiger charge is -2.23. The molecule has 1 aromatic carbocycles. The van der Waals surface area contributed by atoms with Crippen LogP contribution in [0.3, 0.4) is 0 Å². The second-order valence-corrected chi connectivity index (χ2v) is 4.75. The zero-order chi connectivity index (χ0) is 12.1. The number of nitrogens with zero attached hydrogens (tertiary/aromatic N) is 1. The van der Waals surface area contributed by atoms with E-state index in [0.717, 1.165) is 18.8 Å². The second kappa shape index (κ2) is 6.03. The van der Waals surface area contributed by atoms with Crippen LogP contribution < -0.4 is 11.1 Å². The van der Waals surface area contributed by atoms with Gasteiger partial charge in [0, 0.05) is 24.8 Å². The van der Waals surface area contributed by atoms with Crippen LogP contribution in [0.5, 0.6) is 0 Å². The smallest absolute Gasteiger partial charge is 0.0359 e. The number of nitrogens with one attached hydrogen (secondary N) is 1. The summed E-state index contributed by atoms with van der Waals surface area (Å²) in [6, 6.07) is 8.79. The lowest BCUT2D eigenvalue weighted by molar-refractivity contribution is 0.260. The number of benzene rings is 1. The molecule has 0 radical (unpaired) electrons. The van der Waals surface area contributed by atoms with E-state index < -0.39 is 0 Å². The number of anilines is 1. The molecule has 1 saturated heterocycles. The van der Waals surface area contributed by atoms with Crippen molar-refractivity contribution in [1.29, 1.82) is 0 Å². The Kier molecular flexibility index (Phi) is 4.40. The molecular formula is C14H23N3. The average Bonchev–Trinajstić information content (AvgIpc) is 2.79. The Bertz CT molecular complexity index is 351. The molecule has 1 heterocycles. The predicted octanol–water partition coefficient (Wildman–Crippen LogP) is 1.84. The van der Waals surface area contributed by atoms with E-state index >= 15 is 0 Å². The molecule has 0 aromatic heterocycles. The average molecular weight is 233 g/mol. The van der Waals surface area contributed by atoms with Crippen LogP contribution in [-0.4, -0.2) is 30.6 Å². The first kappa shape index (κ1) is 12.4. The molecule has 1 aliphatic heterocycles. The van der Waals surface area contributed by atoms with E-state index in [4.69, 9.17) is 5.73 Å². The number of likely N-dealkylation sites (tertiary alicyclic amines) is 1. The van der Waals surface area contributed by atoms with E-state index in [1.165, 1.54) is 31.5 Å². The quantitative estimate of drug-likeness (QED) is 0.763. The first-order chi connectivity index (χ1) is 8.31. The highest BCUT2D eigenvalue weighted by Crippen LogP contribution is 2.16. The summed E-state index contributed by atoms with van der Waals surface area (Å²) in [6.07, 6.45) is 2.67. The standard InChI is InChI=1S/C14H23N3/c1-2-17-9-5-7-13(17)11-16-10-12-6-3-4-8-14(12)15/h3-4,6,8,13,16H,2,5,7,9-11,15H2,1H3. The number of nitrogen functional groups attached to an aromatic ring is 1. The summed E-state index contributed by atoms with van der Waals surface area (Å²) in [5.74, 6) is 0. The molecule has 3 heteroatoms. The second-order valence-electron chi connectivity index (χ2n) is 4.75. The van der Waals surface area contributed by atoms with Crippen molar-refractivity contribution in [3.05, 3.63) is 29.8 Å². The molecule has 17 heavy (non-hydrogen) atoms. The van der Waals surface area contributed by atoms with Crippen molar-refractivity contribution in [2.24, 2.45) is 0 Å². The van der Waals surface area contributed by atoms with Gasteiger partial charge >= 0.3 is 0 Å². The highest BCUT2D eigenvalue weighted by molar-refractivity contribution is 5.46. The van der Waals surface area contributed by atoms with Crippen molar-refractivity contribution >= 4 is 5.69 Å². The van der Waals surface area contributed by atoms with Crippen LogP contribution in [0.1, 0.15) is 25.3 Å². The van der Waals surface area contributed by atoms with Gasteiger partial charge in [-0.25, -0.2) is 0 Å². The number of hydrogen-bond acceptors (Lipinski definition) is 3. The first-order valence-corrected chi connectivity index (χ1v) is 6.59. The van der Waals surface area contributed by atoms with Crippen LogP contribution in [0, 0.1) is 0 Å². The van der Waals surface area contributed by atoms with Crippen LogP contribution in [0.2, 0.25) is 0 Å². The van der Waals surface area contributed by atoms with Crippen molar-refractivity contribution in [2.45, 2.75) is 32.4 Å². The van der Waals surface area contributed by atoms with Crippen molar-refractivity contribution in [3.63, 3.8) is 0 Å². The van der Waals surface area contributed by atoms with Gasteiger partial charge in [0.05, 0.1) is 0 Å². The van der Waals surface area contributed by atoms with E-state index in [-0.39, 0.29) is 0 Å². The lowest BCUT2D eigenvalue weighted by atomic mass is 10.1. The molecule has 2 rings (SSSR count). The first-order valence-electron chi connectivity index (χ1n) is 6.59. The van der Waals surface area contributed by atoms with E-state index in [2.05, 4.69) is 23.2 Å². The van der Waals surface area contributed by atoms with Crippen LogP contribution in [0.15, 0.2) is 24.3 Å². The summed E-state index contributed by atoms with van der Waals surface area (Å²) in [6.45, 7) is 6.62. The van der Waals surface area contributed by atoms with Gasteiger partial charge in [-0.2, -0.15) is 0 Å². The number of rotatable bonds is 5. The van der Waals surface area contributed by atoms with Crippen LogP contribution >= 0.6 is 0 Å². The molecule has 3 nitrogen and oxygen atoms in total. The summed E-state index contributed by atoms with van der Waals surface area (Å²) >= 11 is 0. The minimum Gasteiger partial charge on any atom is -0.398 e. The van der Waals surface area contributed by atoms with Crippen molar-refractivity contribution in [2.75, 3.05) is 25.4 Å². The number of likely N-dealkylation sites (N-methyl/N-ethyl adjacent to an activating group) is 1. The Balaban J connectivity index is 1.78. The Labute approximate surface area is 104 Å². The molecule has 0 bridgehead atoms. The molecule has 1 atom stereocenters. The third kappa shape index (κ3) is 3.20. The van der Waals surface area contributed by atoms with Crippen molar-refractivity contribution < 1.29 is 0 Å². The fourth-order valence-electron chi connectivity index (χ4n) is 2.61. The molecule has 1 aromatic rings. The number of nitrogens with two attached hydrogens (primary N) is 1. The third-order valence-electron chi connectivity index (χ3n) is 3.66.